The number of alkyl carbamates (subject to hydrolysis) is 1. The topological polar surface area (TPSA) is 119 Å². The number of carboxylic acid groups (broad SMARTS) is 1. The molecule has 0 aliphatic heterocycles. The largest absolute Gasteiger partial charge is 0.480 e. The Morgan fingerprint density at radius 3 is 2.38 bits per heavy atom. The van der Waals surface area contributed by atoms with E-state index < -0.39 is 46.1 Å². The second-order valence-corrected chi connectivity index (χ2v) is 6.22. The SMILES string of the molecule is CC(c1ccc([N+](=O)[O-])c(F)c1)C(NC(=O)OC(C)(C)C)C(=O)O. The molecule has 0 bridgehead atoms. The van der Waals surface area contributed by atoms with E-state index in [0.29, 0.717) is 0 Å². The van der Waals surface area contributed by atoms with Crippen molar-refractivity contribution in [3.05, 3.63) is 39.7 Å². The highest BCUT2D eigenvalue weighted by Crippen LogP contribution is 2.25. The van der Waals surface area contributed by atoms with Gasteiger partial charge in [0, 0.05) is 12.0 Å². The van der Waals surface area contributed by atoms with E-state index >= 15 is 0 Å². The van der Waals surface area contributed by atoms with Crippen LogP contribution in [0.5, 0.6) is 0 Å². The Bertz CT molecular complexity index is 656. The first kappa shape index (κ1) is 19.3. The van der Waals surface area contributed by atoms with Crippen molar-refractivity contribution in [2.75, 3.05) is 0 Å². The zero-order valence-corrected chi connectivity index (χ0v) is 13.7. The maximum absolute atomic E-state index is 13.7. The number of nitro groups is 1. The van der Waals surface area contributed by atoms with Crippen LogP contribution in [0.2, 0.25) is 0 Å². The molecule has 0 aliphatic rings. The normalized spacial score (nSPS) is 13.7. The lowest BCUT2D eigenvalue weighted by molar-refractivity contribution is -0.387. The Labute approximate surface area is 137 Å². The van der Waals surface area contributed by atoms with Gasteiger partial charge < -0.3 is 15.2 Å². The summed E-state index contributed by atoms with van der Waals surface area (Å²) in [6.45, 7) is 6.32. The van der Waals surface area contributed by atoms with E-state index in [1.807, 2.05) is 0 Å². The summed E-state index contributed by atoms with van der Waals surface area (Å²) in [5.41, 5.74) is -1.32. The molecule has 1 amide bonds. The number of rotatable bonds is 5. The molecule has 0 aliphatic carbocycles. The second kappa shape index (κ2) is 7.24. The summed E-state index contributed by atoms with van der Waals surface area (Å²) in [4.78, 5) is 32.9. The number of benzene rings is 1. The standard InChI is InChI=1S/C15H19FN2O6/c1-8(9-5-6-11(18(22)23)10(16)7-9)12(13(19)20)17-14(21)24-15(2,3)4/h5-8,12H,1-4H3,(H,17,21)(H,19,20). The summed E-state index contributed by atoms with van der Waals surface area (Å²) in [6, 6.07) is 1.70. The number of nitrogens with one attached hydrogen (secondary N) is 1. The van der Waals surface area contributed by atoms with Gasteiger partial charge >= 0.3 is 17.7 Å². The zero-order chi connectivity index (χ0) is 18.7. The molecule has 0 radical (unpaired) electrons. The summed E-state index contributed by atoms with van der Waals surface area (Å²) in [5.74, 6) is -3.26. The number of hydrogen-bond acceptors (Lipinski definition) is 5. The molecule has 0 saturated carbocycles. The van der Waals surface area contributed by atoms with Crippen LogP contribution < -0.4 is 5.32 Å². The van der Waals surface area contributed by atoms with E-state index in [1.165, 1.54) is 13.0 Å². The number of halogens is 1. The van der Waals surface area contributed by atoms with Gasteiger partial charge in [0.25, 0.3) is 0 Å². The van der Waals surface area contributed by atoms with E-state index in [1.54, 1.807) is 20.8 Å². The maximum Gasteiger partial charge on any atom is 0.408 e. The van der Waals surface area contributed by atoms with Crippen LogP contribution in [-0.2, 0) is 9.53 Å². The predicted octanol–water partition coefficient (Wildman–Crippen LogP) is 2.82. The zero-order valence-electron chi connectivity index (χ0n) is 13.7. The molecule has 0 saturated heterocycles. The average molecular weight is 342 g/mol. The predicted molar refractivity (Wildman–Crippen MR) is 82.3 cm³/mol. The highest BCUT2D eigenvalue weighted by Gasteiger charge is 2.30. The lowest BCUT2D eigenvalue weighted by atomic mass is 9.93. The van der Waals surface area contributed by atoms with E-state index in [-0.39, 0.29) is 5.56 Å². The number of amides is 1. The third-order valence-corrected chi connectivity index (χ3v) is 3.13. The first-order chi connectivity index (χ1) is 10.9. The molecule has 132 valence electrons. The van der Waals surface area contributed by atoms with Crippen LogP contribution in [0.4, 0.5) is 14.9 Å². The lowest BCUT2D eigenvalue weighted by Gasteiger charge is -2.25. The second-order valence-electron chi connectivity index (χ2n) is 6.22. The highest BCUT2D eigenvalue weighted by atomic mass is 19.1. The fraction of sp³-hybridized carbons (Fsp3) is 0.467. The molecular formula is C15H19FN2O6. The Hall–Kier alpha value is -2.71. The van der Waals surface area contributed by atoms with Crippen LogP contribution in [0.25, 0.3) is 0 Å². The highest BCUT2D eigenvalue weighted by molar-refractivity contribution is 5.81. The molecule has 2 N–H and O–H groups in total. The molecular weight excluding hydrogens is 323 g/mol. The smallest absolute Gasteiger partial charge is 0.408 e. The molecule has 2 atom stereocenters. The number of carbonyl (C=O) groups is 2. The Balaban J connectivity index is 3.00. The third-order valence-electron chi connectivity index (χ3n) is 3.13. The van der Waals surface area contributed by atoms with Crippen molar-refractivity contribution < 1.29 is 28.7 Å². The van der Waals surface area contributed by atoms with Crippen LogP contribution in [0.1, 0.15) is 39.2 Å². The Morgan fingerprint density at radius 2 is 1.96 bits per heavy atom. The number of aliphatic carboxylic acids is 1. The van der Waals surface area contributed by atoms with Gasteiger partial charge in [-0.05, 0) is 32.4 Å². The van der Waals surface area contributed by atoms with Crippen LogP contribution in [0.15, 0.2) is 18.2 Å². The quantitative estimate of drug-likeness (QED) is 0.627. The van der Waals surface area contributed by atoms with Crippen LogP contribution in [0.3, 0.4) is 0 Å². The first-order valence-electron chi connectivity index (χ1n) is 7.08. The first-order valence-corrected chi connectivity index (χ1v) is 7.08. The number of carbonyl (C=O) groups excluding carboxylic acids is 1. The minimum absolute atomic E-state index is 0.196. The number of hydrogen-bond donors (Lipinski definition) is 2. The average Bonchev–Trinajstić information content (AvgIpc) is 2.41. The van der Waals surface area contributed by atoms with Gasteiger partial charge in [0.05, 0.1) is 4.92 Å². The fourth-order valence-corrected chi connectivity index (χ4v) is 1.98. The lowest BCUT2D eigenvalue weighted by Crippen LogP contribution is -2.46. The summed E-state index contributed by atoms with van der Waals surface area (Å²) < 4.78 is 18.7. The molecule has 8 nitrogen and oxygen atoms in total. The number of nitrogens with zero attached hydrogens (tertiary/aromatic N) is 1. The van der Waals surface area contributed by atoms with Gasteiger partial charge in [-0.15, -0.1) is 0 Å². The molecule has 0 heterocycles. The van der Waals surface area contributed by atoms with Crippen LogP contribution >= 0.6 is 0 Å². The van der Waals surface area contributed by atoms with Gasteiger partial charge in [-0.1, -0.05) is 13.0 Å². The van der Waals surface area contributed by atoms with Crippen molar-refractivity contribution in [1.29, 1.82) is 0 Å². The monoisotopic (exact) mass is 342 g/mol. The van der Waals surface area contributed by atoms with E-state index in [2.05, 4.69) is 5.32 Å². The molecule has 2 unspecified atom stereocenters. The van der Waals surface area contributed by atoms with Gasteiger partial charge in [-0.3, -0.25) is 10.1 Å². The minimum atomic E-state index is -1.39. The number of ether oxygens (including phenoxy) is 1. The van der Waals surface area contributed by atoms with E-state index in [9.17, 15) is 29.2 Å². The molecule has 9 heteroatoms. The van der Waals surface area contributed by atoms with Crippen LogP contribution in [0, 0.1) is 15.9 Å². The van der Waals surface area contributed by atoms with E-state index in [4.69, 9.17) is 4.74 Å². The molecule has 24 heavy (non-hydrogen) atoms. The molecule has 0 aromatic heterocycles. The Morgan fingerprint density at radius 1 is 1.38 bits per heavy atom. The van der Waals surface area contributed by atoms with E-state index in [0.717, 1.165) is 12.1 Å². The number of carboxylic acids is 1. The van der Waals surface area contributed by atoms with Crippen molar-refractivity contribution >= 4 is 17.7 Å². The van der Waals surface area contributed by atoms with Crippen molar-refractivity contribution in [3.8, 4) is 0 Å². The van der Waals surface area contributed by atoms with Crippen molar-refractivity contribution in [2.24, 2.45) is 0 Å². The molecule has 1 rings (SSSR count). The maximum atomic E-state index is 13.7. The van der Waals surface area contributed by atoms with Gasteiger partial charge in [0.15, 0.2) is 0 Å². The van der Waals surface area contributed by atoms with Crippen molar-refractivity contribution in [2.45, 2.75) is 45.3 Å². The summed E-state index contributed by atoms with van der Waals surface area (Å²) in [5, 5.41) is 22.1. The molecule has 0 spiro atoms. The summed E-state index contributed by atoms with van der Waals surface area (Å²) >= 11 is 0. The summed E-state index contributed by atoms with van der Waals surface area (Å²) in [7, 11) is 0. The third kappa shape index (κ3) is 5.18. The minimum Gasteiger partial charge on any atom is -0.480 e. The van der Waals surface area contributed by atoms with Gasteiger partial charge in [0.2, 0.25) is 5.82 Å². The van der Waals surface area contributed by atoms with Gasteiger partial charge in [-0.2, -0.15) is 4.39 Å². The van der Waals surface area contributed by atoms with Gasteiger partial charge in [0.1, 0.15) is 11.6 Å². The van der Waals surface area contributed by atoms with Crippen molar-refractivity contribution in [1.82, 2.24) is 5.32 Å². The van der Waals surface area contributed by atoms with Crippen LogP contribution in [-0.4, -0.2) is 33.7 Å². The summed E-state index contributed by atoms with van der Waals surface area (Å²) in [6.07, 6.45) is -0.927. The number of nitro benzene ring substituents is 1. The fourth-order valence-electron chi connectivity index (χ4n) is 1.98. The van der Waals surface area contributed by atoms with Crippen molar-refractivity contribution in [3.63, 3.8) is 0 Å². The molecule has 1 aromatic carbocycles. The van der Waals surface area contributed by atoms with Gasteiger partial charge in [-0.25, -0.2) is 9.59 Å². The molecule has 0 fully saturated rings. The molecule has 1 aromatic rings. The Kier molecular flexibility index (Phi) is 5.83.